The summed E-state index contributed by atoms with van der Waals surface area (Å²) in [6, 6.07) is 18.0. The van der Waals surface area contributed by atoms with Crippen LogP contribution in [-0.4, -0.2) is 9.55 Å². The maximum absolute atomic E-state index is 6.12. The summed E-state index contributed by atoms with van der Waals surface area (Å²) in [5.41, 5.74) is 4.24. The van der Waals surface area contributed by atoms with Gasteiger partial charge in [0.2, 0.25) is 0 Å². The van der Waals surface area contributed by atoms with Crippen molar-refractivity contribution in [3.63, 3.8) is 0 Å². The molecule has 23 heavy (non-hydrogen) atoms. The summed E-state index contributed by atoms with van der Waals surface area (Å²) in [6.45, 7) is 2.71. The summed E-state index contributed by atoms with van der Waals surface area (Å²) in [6.07, 6.45) is 1.69. The zero-order valence-electron chi connectivity index (χ0n) is 12.7. The van der Waals surface area contributed by atoms with E-state index in [-0.39, 0.29) is 0 Å². The third-order valence-corrected chi connectivity index (χ3v) is 4.15. The van der Waals surface area contributed by atoms with Crippen molar-refractivity contribution in [2.75, 3.05) is 0 Å². The molecule has 0 saturated carbocycles. The number of halogens is 1. The van der Waals surface area contributed by atoms with E-state index in [9.17, 15) is 0 Å². The summed E-state index contributed by atoms with van der Waals surface area (Å²) in [7, 11) is 0. The van der Waals surface area contributed by atoms with Crippen molar-refractivity contribution in [1.82, 2.24) is 9.55 Å². The third-order valence-electron chi connectivity index (χ3n) is 3.91. The highest BCUT2D eigenvalue weighted by atomic mass is 35.5. The number of rotatable bonds is 3. The maximum Gasteiger partial charge on any atom is 0.141 e. The van der Waals surface area contributed by atoms with Crippen molar-refractivity contribution in [2.45, 2.75) is 13.5 Å². The highest BCUT2D eigenvalue weighted by Crippen LogP contribution is 2.28. The van der Waals surface area contributed by atoms with E-state index < -0.39 is 0 Å². The van der Waals surface area contributed by atoms with Crippen molar-refractivity contribution in [3.8, 4) is 11.4 Å². The van der Waals surface area contributed by atoms with Crippen molar-refractivity contribution < 1.29 is 4.42 Å². The van der Waals surface area contributed by atoms with Crippen LogP contribution in [0.1, 0.15) is 11.3 Å². The number of benzene rings is 2. The molecule has 0 amide bonds. The molecule has 0 bridgehead atoms. The summed E-state index contributed by atoms with van der Waals surface area (Å²) < 4.78 is 7.68. The molecule has 0 unspecified atom stereocenters. The molecule has 0 aliphatic heterocycles. The Morgan fingerprint density at radius 3 is 2.65 bits per heavy atom. The first-order valence-corrected chi connectivity index (χ1v) is 7.84. The number of fused-ring (bicyclic) bond motifs is 1. The van der Waals surface area contributed by atoms with E-state index in [2.05, 4.69) is 35.8 Å². The third kappa shape index (κ3) is 2.64. The zero-order chi connectivity index (χ0) is 15.8. The lowest BCUT2D eigenvalue weighted by atomic mass is 10.1. The Bertz CT molecular complexity index is 953. The molecule has 2 aromatic carbocycles. The van der Waals surface area contributed by atoms with Gasteiger partial charge in [-0.15, -0.1) is 0 Å². The quantitative estimate of drug-likeness (QED) is 0.512. The van der Waals surface area contributed by atoms with Crippen molar-refractivity contribution in [1.29, 1.82) is 0 Å². The van der Waals surface area contributed by atoms with Gasteiger partial charge in [-0.05, 0) is 37.3 Å². The normalized spacial score (nSPS) is 11.2. The van der Waals surface area contributed by atoms with Crippen LogP contribution in [0.2, 0.25) is 5.02 Å². The average molecular weight is 323 g/mol. The Hall–Kier alpha value is -2.52. The first kappa shape index (κ1) is 14.1. The van der Waals surface area contributed by atoms with Crippen LogP contribution < -0.4 is 0 Å². The number of hydrogen-bond donors (Lipinski definition) is 0. The lowest BCUT2D eigenvalue weighted by Crippen LogP contribution is -2.01. The molecule has 4 aromatic rings. The molecule has 0 saturated heterocycles. The van der Waals surface area contributed by atoms with E-state index in [4.69, 9.17) is 21.0 Å². The predicted octanol–water partition coefficient (Wildman–Crippen LogP) is 5.31. The monoisotopic (exact) mass is 322 g/mol. The fourth-order valence-electron chi connectivity index (χ4n) is 2.74. The molecule has 0 fully saturated rings. The minimum absolute atomic E-state index is 0.633. The first-order chi connectivity index (χ1) is 11.2. The van der Waals surface area contributed by atoms with Crippen LogP contribution in [-0.2, 0) is 6.54 Å². The molecule has 0 spiro atoms. The van der Waals surface area contributed by atoms with Crippen LogP contribution in [0.5, 0.6) is 0 Å². The Balaban J connectivity index is 1.92. The number of aromatic nitrogens is 2. The standard InChI is InChI=1S/C19H15ClN2O/c1-13-4-6-14(7-5-13)19-21-17-11-15(20)8-9-18(17)22(19)12-16-3-2-10-23-16/h2-11H,12H2,1H3. The van der Waals surface area contributed by atoms with Crippen LogP contribution in [0.25, 0.3) is 22.4 Å². The van der Waals surface area contributed by atoms with E-state index >= 15 is 0 Å². The Labute approximate surface area is 139 Å². The second-order valence-electron chi connectivity index (χ2n) is 5.60. The highest BCUT2D eigenvalue weighted by Gasteiger charge is 2.14. The Morgan fingerprint density at radius 2 is 1.91 bits per heavy atom. The number of aryl methyl sites for hydroxylation is 1. The largest absolute Gasteiger partial charge is 0.467 e. The summed E-state index contributed by atoms with van der Waals surface area (Å²) in [5.74, 6) is 1.81. The summed E-state index contributed by atoms with van der Waals surface area (Å²) in [5, 5.41) is 0.690. The molecule has 2 aromatic heterocycles. The zero-order valence-corrected chi connectivity index (χ0v) is 13.4. The van der Waals surface area contributed by atoms with Gasteiger partial charge in [0.15, 0.2) is 0 Å². The van der Waals surface area contributed by atoms with Gasteiger partial charge in [-0.3, -0.25) is 0 Å². The molecule has 0 aliphatic rings. The van der Waals surface area contributed by atoms with Crippen molar-refractivity contribution in [2.24, 2.45) is 0 Å². The van der Waals surface area contributed by atoms with Gasteiger partial charge in [0.1, 0.15) is 11.6 Å². The average Bonchev–Trinajstić information content (AvgIpc) is 3.17. The van der Waals surface area contributed by atoms with Gasteiger partial charge in [-0.2, -0.15) is 0 Å². The topological polar surface area (TPSA) is 31.0 Å². The van der Waals surface area contributed by atoms with E-state index in [0.717, 1.165) is 28.2 Å². The molecule has 0 atom stereocenters. The van der Waals surface area contributed by atoms with E-state index in [0.29, 0.717) is 11.6 Å². The summed E-state index contributed by atoms with van der Waals surface area (Å²) in [4.78, 5) is 4.79. The number of imidazole rings is 1. The minimum Gasteiger partial charge on any atom is -0.467 e. The molecule has 114 valence electrons. The lowest BCUT2D eigenvalue weighted by Gasteiger charge is -2.08. The number of hydrogen-bond acceptors (Lipinski definition) is 2. The van der Waals surface area contributed by atoms with Crippen LogP contribution in [0.4, 0.5) is 0 Å². The molecular weight excluding hydrogens is 308 g/mol. The first-order valence-electron chi connectivity index (χ1n) is 7.46. The Morgan fingerprint density at radius 1 is 1.09 bits per heavy atom. The molecular formula is C19H15ClN2O. The van der Waals surface area contributed by atoms with Crippen molar-refractivity contribution >= 4 is 22.6 Å². The second-order valence-corrected chi connectivity index (χ2v) is 6.04. The van der Waals surface area contributed by atoms with E-state index in [1.165, 1.54) is 5.56 Å². The fourth-order valence-corrected chi connectivity index (χ4v) is 2.91. The van der Waals surface area contributed by atoms with Gasteiger partial charge in [-0.1, -0.05) is 41.4 Å². The van der Waals surface area contributed by atoms with Crippen LogP contribution in [0, 0.1) is 6.92 Å². The number of furan rings is 1. The fraction of sp³-hybridized carbons (Fsp3) is 0.105. The second kappa shape index (κ2) is 5.60. The van der Waals surface area contributed by atoms with Gasteiger partial charge in [-0.25, -0.2) is 4.98 Å². The molecule has 0 N–H and O–H groups in total. The molecule has 4 heteroatoms. The molecule has 0 aliphatic carbocycles. The van der Waals surface area contributed by atoms with Crippen LogP contribution in [0.15, 0.2) is 65.3 Å². The molecule has 2 heterocycles. The van der Waals surface area contributed by atoms with Crippen LogP contribution >= 0.6 is 11.6 Å². The van der Waals surface area contributed by atoms with Gasteiger partial charge in [0, 0.05) is 10.6 Å². The lowest BCUT2D eigenvalue weighted by molar-refractivity contribution is 0.497. The maximum atomic E-state index is 6.12. The van der Waals surface area contributed by atoms with Crippen molar-refractivity contribution in [3.05, 3.63) is 77.2 Å². The SMILES string of the molecule is Cc1ccc(-c2nc3cc(Cl)ccc3n2Cc2ccco2)cc1. The van der Waals surface area contributed by atoms with Gasteiger partial charge >= 0.3 is 0 Å². The summed E-state index contributed by atoms with van der Waals surface area (Å²) >= 11 is 6.12. The minimum atomic E-state index is 0.633. The Kier molecular flexibility index (Phi) is 3.43. The smallest absolute Gasteiger partial charge is 0.141 e. The van der Waals surface area contributed by atoms with Gasteiger partial charge in [0.25, 0.3) is 0 Å². The van der Waals surface area contributed by atoms with Crippen LogP contribution in [0.3, 0.4) is 0 Å². The van der Waals surface area contributed by atoms with Gasteiger partial charge in [0.05, 0.1) is 23.8 Å². The predicted molar refractivity (Wildman–Crippen MR) is 92.7 cm³/mol. The molecule has 3 nitrogen and oxygen atoms in total. The highest BCUT2D eigenvalue weighted by molar-refractivity contribution is 6.31. The number of nitrogens with zero attached hydrogens (tertiary/aromatic N) is 2. The molecule has 0 radical (unpaired) electrons. The van der Waals surface area contributed by atoms with Gasteiger partial charge < -0.3 is 8.98 Å². The van der Waals surface area contributed by atoms with E-state index in [1.807, 2.05) is 30.3 Å². The van der Waals surface area contributed by atoms with E-state index in [1.54, 1.807) is 6.26 Å². The molecule has 4 rings (SSSR count).